The number of hydrogen-bond acceptors (Lipinski definition) is 7. The lowest BCUT2D eigenvalue weighted by Gasteiger charge is -2.18. The molecule has 2 rings (SSSR count). The van der Waals surface area contributed by atoms with Crippen LogP contribution in [0.2, 0.25) is 0 Å². The van der Waals surface area contributed by atoms with E-state index in [4.69, 9.17) is 0 Å². The average molecular weight is 309 g/mol. The van der Waals surface area contributed by atoms with Crippen molar-refractivity contribution in [2.75, 3.05) is 11.9 Å². The fourth-order valence-corrected chi connectivity index (χ4v) is 2.88. The molecule has 0 unspecified atom stereocenters. The summed E-state index contributed by atoms with van der Waals surface area (Å²) < 4.78 is 0.894. The van der Waals surface area contributed by atoms with Crippen LogP contribution in [0.4, 0.5) is 5.82 Å². The summed E-state index contributed by atoms with van der Waals surface area (Å²) in [6.07, 6.45) is 1.06. The first-order valence-corrected chi connectivity index (χ1v) is 8.26. The summed E-state index contributed by atoms with van der Waals surface area (Å²) >= 11 is 3.04. The Balaban J connectivity index is 2.29. The zero-order chi connectivity index (χ0) is 14.6. The molecular formula is C13H19N5S2. The molecule has 0 aliphatic rings. The predicted octanol–water partition coefficient (Wildman–Crippen LogP) is 3.60. The van der Waals surface area contributed by atoms with E-state index in [1.165, 1.54) is 23.1 Å². The summed E-state index contributed by atoms with van der Waals surface area (Å²) in [6, 6.07) is 1.97. The van der Waals surface area contributed by atoms with Gasteiger partial charge < -0.3 is 5.32 Å². The molecule has 5 nitrogen and oxygen atoms in total. The van der Waals surface area contributed by atoms with E-state index in [1.54, 1.807) is 5.51 Å². The first-order chi connectivity index (χ1) is 9.49. The summed E-state index contributed by atoms with van der Waals surface area (Å²) in [5, 5.41) is 12.1. The fourth-order valence-electron chi connectivity index (χ4n) is 1.45. The monoisotopic (exact) mass is 309 g/mol. The van der Waals surface area contributed by atoms with Crippen LogP contribution < -0.4 is 5.32 Å². The quantitative estimate of drug-likeness (QED) is 0.851. The third-order valence-corrected chi connectivity index (χ3v) is 4.16. The molecule has 0 bridgehead atoms. The van der Waals surface area contributed by atoms with Crippen molar-refractivity contribution in [1.29, 1.82) is 0 Å². The molecule has 2 aromatic rings. The maximum Gasteiger partial charge on any atom is 0.180 e. The molecule has 0 saturated carbocycles. The maximum atomic E-state index is 4.64. The molecule has 7 heteroatoms. The first-order valence-electron chi connectivity index (χ1n) is 6.56. The van der Waals surface area contributed by atoms with Gasteiger partial charge in [-0.2, -0.15) is 0 Å². The summed E-state index contributed by atoms with van der Waals surface area (Å²) in [6.45, 7) is 9.39. The van der Waals surface area contributed by atoms with E-state index >= 15 is 0 Å². The summed E-state index contributed by atoms with van der Waals surface area (Å²) in [5.74, 6) is 1.71. The minimum Gasteiger partial charge on any atom is -0.370 e. The third-order valence-electron chi connectivity index (χ3n) is 2.46. The molecular weight excluding hydrogens is 290 g/mol. The smallest absolute Gasteiger partial charge is 0.180 e. The largest absolute Gasteiger partial charge is 0.370 e. The Morgan fingerprint density at radius 1 is 1.30 bits per heavy atom. The van der Waals surface area contributed by atoms with Gasteiger partial charge in [0.05, 0.1) is 0 Å². The molecule has 0 aromatic carbocycles. The van der Waals surface area contributed by atoms with Crippen molar-refractivity contribution in [3.8, 4) is 0 Å². The Morgan fingerprint density at radius 2 is 2.10 bits per heavy atom. The highest BCUT2D eigenvalue weighted by Crippen LogP contribution is 2.30. The second-order valence-electron chi connectivity index (χ2n) is 5.40. The Bertz CT molecular complexity index is 548. The molecule has 2 heterocycles. The fraction of sp³-hybridized carbons (Fsp3) is 0.538. The topological polar surface area (TPSA) is 63.6 Å². The Morgan fingerprint density at radius 3 is 2.70 bits per heavy atom. The SMILES string of the molecule is CCCNc1cc(Sc2nncs2)nc(C(C)(C)C)n1. The van der Waals surface area contributed by atoms with Gasteiger partial charge in [-0.05, 0) is 18.2 Å². The number of rotatable bonds is 5. The molecule has 2 aromatic heterocycles. The lowest BCUT2D eigenvalue weighted by molar-refractivity contribution is 0.539. The predicted molar refractivity (Wildman–Crippen MR) is 83.5 cm³/mol. The van der Waals surface area contributed by atoms with Gasteiger partial charge in [0, 0.05) is 18.0 Å². The molecule has 20 heavy (non-hydrogen) atoms. The van der Waals surface area contributed by atoms with Crippen molar-refractivity contribution >= 4 is 28.9 Å². The lowest BCUT2D eigenvalue weighted by atomic mass is 9.96. The second-order valence-corrected chi connectivity index (χ2v) is 7.50. The van der Waals surface area contributed by atoms with Crippen LogP contribution in [-0.2, 0) is 5.41 Å². The average Bonchev–Trinajstić information content (AvgIpc) is 2.88. The number of hydrogen-bond donors (Lipinski definition) is 1. The van der Waals surface area contributed by atoms with E-state index < -0.39 is 0 Å². The van der Waals surface area contributed by atoms with Crippen LogP contribution in [0.5, 0.6) is 0 Å². The van der Waals surface area contributed by atoms with E-state index in [0.29, 0.717) is 0 Å². The molecule has 0 amide bonds. The van der Waals surface area contributed by atoms with Crippen molar-refractivity contribution in [3.63, 3.8) is 0 Å². The molecule has 0 radical (unpaired) electrons. The highest BCUT2D eigenvalue weighted by molar-refractivity contribution is 8.00. The van der Waals surface area contributed by atoms with Gasteiger partial charge in [0.15, 0.2) is 4.34 Å². The Hall–Kier alpha value is -1.21. The van der Waals surface area contributed by atoms with E-state index in [1.807, 2.05) is 6.07 Å². The van der Waals surface area contributed by atoms with Gasteiger partial charge in [-0.3, -0.25) is 0 Å². The van der Waals surface area contributed by atoms with E-state index in [2.05, 4.69) is 53.2 Å². The van der Waals surface area contributed by atoms with Gasteiger partial charge >= 0.3 is 0 Å². The highest BCUT2D eigenvalue weighted by atomic mass is 32.2. The number of anilines is 1. The molecule has 0 aliphatic heterocycles. The third kappa shape index (κ3) is 4.14. The van der Waals surface area contributed by atoms with Crippen molar-refractivity contribution in [2.24, 2.45) is 0 Å². The van der Waals surface area contributed by atoms with Crippen LogP contribution in [0.25, 0.3) is 0 Å². The van der Waals surface area contributed by atoms with Gasteiger partial charge in [0.25, 0.3) is 0 Å². The molecule has 0 saturated heterocycles. The summed E-state index contributed by atoms with van der Waals surface area (Å²) in [7, 11) is 0. The van der Waals surface area contributed by atoms with E-state index in [0.717, 1.165) is 34.0 Å². The second kappa shape index (κ2) is 6.49. The first kappa shape index (κ1) is 15.2. The van der Waals surface area contributed by atoms with Gasteiger partial charge in [0.2, 0.25) is 0 Å². The minimum atomic E-state index is -0.0830. The van der Waals surface area contributed by atoms with Gasteiger partial charge in [-0.15, -0.1) is 10.2 Å². The van der Waals surface area contributed by atoms with Crippen molar-refractivity contribution in [1.82, 2.24) is 20.2 Å². The van der Waals surface area contributed by atoms with Crippen molar-refractivity contribution in [3.05, 3.63) is 17.4 Å². The van der Waals surface area contributed by atoms with Crippen molar-refractivity contribution in [2.45, 2.75) is 48.9 Å². The van der Waals surface area contributed by atoms with Crippen LogP contribution in [-0.4, -0.2) is 26.7 Å². The van der Waals surface area contributed by atoms with Gasteiger partial charge in [-0.25, -0.2) is 9.97 Å². The zero-order valence-electron chi connectivity index (χ0n) is 12.2. The van der Waals surface area contributed by atoms with E-state index in [-0.39, 0.29) is 5.41 Å². The highest BCUT2D eigenvalue weighted by Gasteiger charge is 2.19. The van der Waals surface area contributed by atoms with Crippen LogP contribution in [0.1, 0.15) is 39.9 Å². The Labute approximate surface area is 127 Å². The van der Waals surface area contributed by atoms with Crippen LogP contribution in [0, 0.1) is 0 Å². The molecule has 0 spiro atoms. The molecule has 1 N–H and O–H groups in total. The normalized spacial score (nSPS) is 11.6. The summed E-state index contributed by atoms with van der Waals surface area (Å²) in [5.41, 5.74) is 1.64. The minimum absolute atomic E-state index is 0.0830. The molecule has 0 fully saturated rings. The van der Waals surface area contributed by atoms with Crippen molar-refractivity contribution < 1.29 is 0 Å². The lowest BCUT2D eigenvalue weighted by Crippen LogP contribution is -2.17. The number of nitrogens with one attached hydrogen (secondary N) is 1. The van der Waals surface area contributed by atoms with Crippen LogP contribution in [0.15, 0.2) is 20.9 Å². The molecule has 0 aliphatic carbocycles. The van der Waals surface area contributed by atoms with Gasteiger partial charge in [-0.1, -0.05) is 39.0 Å². The van der Waals surface area contributed by atoms with E-state index in [9.17, 15) is 0 Å². The van der Waals surface area contributed by atoms with Crippen LogP contribution >= 0.6 is 23.1 Å². The summed E-state index contributed by atoms with van der Waals surface area (Å²) in [4.78, 5) is 9.24. The molecule has 0 atom stereocenters. The standard InChI is InChI=1S/C13H19N5S2/c1-5-6-14-9-7-10(20-12-18-15-8-19-12)17-11(16-9)13(2,3)4/h7-8H,5-6H2,1-4H3,(H,14,16,17). The maximum absolute atomic E-state index is 4.64. The molecule has 108 valence electrons. The number of nitrogens with zero attached hydrogens (tertiary/aromatic N) is 4. The zero-order valence-corrected chi connectivity index (χ0v) is 13.8. The number of aromatic nitrogens is 4. The van der Waals surface area contributed by atoms with Gasteiger partial charge in [0.1, 0.15) is 22.2 Å². The van der Waals surface area contributed by atoms with Crippen LogP contribution in [0.3, 0.4) is 0 Å². The Kier molecular flexibility index (Phi) is 4.93.